The minimum Gasteiger partial charge on any atom is -0.309 e. The molecule has 0 aliphatic carbocycles. The van der Waals surface area contributed by atoms with Gasteiger partial charge in [0.1, 0.15) is 5.82 Å². The third kappa shape index (κ3) is 2.01. The number of aryl methyl sites for hydroxylation is 1. The molecule has 2 rings (SSSR count). The minimum atomic E-state index is -0.0348. The van der Waals surface area contributed by atoms with Crippen molar-refractivity contribution in [2.75, 3.05) is 13.1 Å². The smallest absolute Gasteiger partial charge is 0.251 e. The van der Waals surface area contributed by atoms with Gasteiger partial charge in [0.15, 0.2) is 0 Å². The van der Waals surface area contributed by atoms with Crippen LogP contribution in [0, 0.1) is 0 Å². The predicted octanol–water partition coefficient (Wildman–Crippen LogP) is 0.538. The zero-order chi connectivity index (χ0) is 9.97. The van der Waals surface area contributed by atoms with E-state index in [2.05, 4.69) is 14.9 Å². The van der Waals surface area contributed by atoms with Gasteiger partial charge in [0.05, 0.1) is 6.54 Å². The lowest BCUT2D eigenvalue weighted by Crippen LogP contribution is -2.37. The molecule has 1 fully saturated rings. The largest absolute Gasteiger partial charge is 0.309 e. The van der Waals surface area contributed by atoms with Crippen molar-refractivity contribution in [1.82, 2.24) is 14.9 Å². The quantitative estimate of drug-likeness (QED) is 0.762. The van der Waals surface area contributed by atoms with Crippen molar-refractivity contribution in [2.24, 2.45) is 0 Å². The molecule has 4 nitrogen and oxygen atoms in total. The number of hydrogen-bond acceptors (Lipinski definition) is 3. The van der Waals surface area contributed by atoms with Gasteiger partial charge in [0, 0.05) is 11.8 Å². The van der Waals surface area contributed by atoms with Crippen molar-refractivity contribution in [3.63, 3.8) is 0 Å². The number of nitrogens with zero attached hydrogens (tertiary/aromatic N) is 2. The van der Waals surface area contributed by atoms with E-state index in [1.807, 2.05) is 6.92 Å². The van der Waals surface area contributed by atoms with Crippen LogP contribution in [0.3, 0.4) is 0 Å². The van der Waals surface area contributed by atoms with Gasteiger partial charge in [0.25, 0.3) is 5.56 Å². The maximum Gasteiger partial charge on any atom is 0.251 e. The lowest BCUT2D eigenvalue weighted by molar-refractivity contribution is 0.168. The first-order chi connectivity index (χ1) is 6.78. The van der Waals surface area contributed by atoms with Gasteiger partial charge < -0.3 is 4.98 Å². The van der Waals surface area contributed by atoms with Crippen LogP contribution >= 0.6 is 0 Å². The standard InChI is InChI=1S/C10H15N3O/c1-2-8-6-10(14)12-9(11-8)7-13-4-3-5-13/h6H,2-5,7H2,1H3,(H,11,12,14). The van der Waals surface area contributed by atoms with Crippen LogP contribution in [-0.2, 0) is 13.0 Å². The molecule has 4 heteroatoms. The van der Waals surface area contributed by atoms with Crippen LogP contribution < -0.4 is 5.56 Å². The lowest BCUT2D eigenvalue weighted by atomic mass is 10.2. The van der Waals surface area contributed by atoms with Gasteiger partial charge in [-0.2, -0.15) is 0 Å². The number of nitrogens with one attached hydrogen (secondary N) is 1. The first-order valence-electron chi connectivity index (χ1n) is 5.09. The van der Waals surface area contributed by atoms with Gasteiger partial charge in [-0.3, -0.25) is 9.69 Å². The molecule has 0 radical (unpaired) electrons. The molecule has 14 heavy (non-hydrogen) atoms. The maximum absolute atomic E-state index is 11.2. The molecule has 0 spiro atoms. The van der Waals surface area contributed by atoms with Gasteiger partial charge in [-0.1, -0.05) is 6.92 Å². The molecule has 1 aromatic rings. The van der Waals surface area contributed by atoms with Crippen molar-refractivity contribution >= 4 is 0 Å². The van der Waals surface area contributed by atoms with E-state index in [1.54, 1.807) is 6.07 Å². The van der Waals surface area contributed by atoms with Gasteiger partial charge in [-0.05, 0) is 25.9 Å². The van der Waals surface area contributed by atoms with E-state index in [0.29, 0.717) is 0 Å². The number of H-pyrrole nitrogens is 1. The Bertz CT molecular complexity index is 368. The SMILES string of the molecule is CCc1cc(=O)[nH]c(CN2CCC2)n1. The first kappa shape index (κ1) is 9.40. The van der Waals surface area contributed by atoms with Crippen LogP contribution in [0.25, 0.3) is 0 Å². The molecule has 0 amide bonds. The number of hydrogen-bond donors (Lipinski definition) is 1. The molecular weight excluding hydrogens is 178 g/mol. The molecule has 2 heterocycles. The zero-order valence-electron chi connectivity index (χ0n) is 8.42. The van der Waals surface area contributed by atoms with E-state index < -0.39 is 0 Å². The molecule has 0 aromatic carbocycles. The van der Waals surface area contributed by atoms with Crippen molar-refractivity contribution in [3.05, 3.63) is 27.9 Å². The fourth-order valence-corrected chi connectivity index (χ4v) is 1.57. The summed E-state index contributed by atoms with van der Waals surface area (Å²) in [4.78, 5) is 20.7. The summed E-state index contributed by atoms with van der Waals surface area (Å²) in [6, 6.07) is 1.57. The highest BCUT2D eigenvalue weighted by atomic mass is 16.1. The maximum atomic E-state index is 11.2. The number of rotatable bonds is 3. The molecule has 76 valence electrons. The topological polar surface area (TPSA) is 49.0 Å². The summed E-state index contributed by atoms with van der Waals surface area (Å²) in [6.07, 6.45) is 2.08. The fraction of sp³-hybridized carbons (Fsp3) is 0.600. The summed E-state index contributed by atoms with van der Waals surface area (Å²) in [5, 5.41) is 0. The highest BCUT2D eigenvalue weighted by molar-refractivity contribution is 5.02. The molecule has 1 aromatic heterocycles. The Balaban J connectivity index is 2.15. The van der Waals surface area contributed by atoms with Gasteiger partial charge in [-0.15, -0.1) is 0 Å². The third-order valence-corrected chi connectivity index (χ3v) is 2.53. The Hall–Kier alpha value is -1.16. The molecule has 1 saturated heterocycles. The number of aromatic nitrogens is 2. The third-order valence-electron chi connectivity index (χ3n) is 2.53. The van der Waals surface area contributed by atoms with E-state index >= 15 is 0 Å². The Kier molecular flexibility index (Phi) is 2.63. The second kappa shape index (κ2) is 3.92. The van der Waals surface area contributed by atoms with Crippen LogP contribution in [0.5, 0.6) is 0 Å². The summed E-state index contributed by atoms with van der Waals surface area (Å²) in [6.45, 7) is 5.04. The second-order valence-electron chi connectivity index (χ2n) is 3.67. The van der Waals surface area contributed by atoms with Crippen LogP contribution in [0.2, 0.25) is 0 Å². The molecule has 1 aliphatic rings. The van der Waals surface area contributed by atoms with Crippen molar-refractivity contribution in [2.45, 2.75) is 26.3 Å². The summed E-state index contributed by atoms with van der Waals surface area (Å²) in [5.41, 5.74) is 0.844. The summed E-state index contributed by atoms with van der Waals surface area (Å²) in [7, 11) is 0. The molecule has 1 aliphatic heterocycles. The monoisotopic (exact) mass is 193 g/mol. The zero-order valence-corrected chi connectivity index (χ0v) is 8.42. The van der Waals surface area contributed by atoms with E-state index in [0.717, 1.165) is 37.6 Å². The normalized spacial score (nSPS) is 16.6. The van der Waals surface area contributed by atoms with Crippen molar-refractivity contribution in [3.8, 4) is 0 Å². The second-order valence-corrected chi connectivity index (χ2v) is 3.67. The lowest BCUT2D eigenvalue weighted by Gasteiger charge is -2.29. The van der Waals surface area contributed by atoms with Crippen LogP contribution in [-0.4, -0.2) is 28.0 Å². The van der Waals surface area contributed by atoms with E-state index in [1.165, 1.54) is 6.42 Å². The molecule has 1 N–H and O–H groups in total. The van der Waals surface area contributed by atoms with Crippen molar-refractivity contribution < 1.29 is 0 Å². The molecule has 0 saturated carbocycles. The average Bonchev–Trinajstić information content (AvgIpc) is 2.10. The van der Waals surface area contributed by atoms with Crippen LogP contribution in [0.4, 0.5) is 0 Å². The van der Waals surface area contributed by atoms with Gasteiger partial charge in [-0.25, -0.2) is 4.98 Å². The highest BCUT2D eigenvalue weighted by Crippen LogP contribution is 2.08. The Morgan fingerprint density at radius 3 is 2.93 bits per heavy atom. The summed E-state index contributed by atoms with van der Waals surface area (Å²) < 4.78 is 0. The Morgan fingerprint density at radius 1 is 1.57 bits per heavy atom. The van der Waals surface area contributed by atoms with Gasteiger partial charge >= 0.3 is 0 Å². The van der Waals surface area contributed by atoms with Crippen molar-refractivity contribution in [1.29, 1.82) is 0 Å². The Labute approximate surface area is 83.0 Å². The van der Waals surface area contributed by atoms with E-state index in [4.69, 9.17) is 0 Å². The fourth-order valence-electron chi connectivity index (χ4n) is 1.57. The highest BCUT2D eigenvalue weighted by Gasteiger charge is 2.14. The van der Waals surface area contributed by atoms with E-state index in [-0.39, 0.29) is 5.56 Å². The first-order valence-corrected chi connectivity index (χ1v) is 5.09. The average molecular weight is 193 g/mol. The predicted molar refractivity (Wildman–Crippen MR) is 54.1 cm³/mol. The van der Waals surface area contributed by atoms with Crippen LogP contribution in [0.15, 0.2) is 10.9 Å². The summed E-state index contributed by atoms with van der Waals surface area (Å²) >= 11 is 0. The van der Waals surface area contributed by atoms with Crippen LogP contribution in [0.1, 0.15) is 24.9 Å². The number of aromatic amines is 1. The molecule has 0 atom stereocenters. The number of likely N-dealkylation sites (tertiary alicyclic amines) is 1. The summed E-state index contributed by atoms with van der Waals surface area (Å²) in [5.74, 6) is 0.800. The molecule has 0 unspecified atom stereocenters. The minimum absolute atomic E-state index is 0.0348. The van der Waals surface area contributed by atoms with Gasteiger partial charge in [0.2, 0.25) is 0 Å². The van der Waals surface area contributed by atoms with E-state index in [9.17, 15) is 4.79 Å². The Morgan fingerprint density at radius 2 is 2.36 bits per heavy atom. The molecular formula is C10H15N3O. The molecule has 0 bridgehead atoms.